The number of carbonyl (C=O) groups is 1. The Bertz CT molecular complexity index is 388. The molecule has 1 N–H and O–H groups in total. The van der Waals surface area contributed by atoms with Crippen molar-refractivity contribution in [3.63, 3.8) is 0 Å². The van der Waals surface area contributed by atoms with Gasteiger partial charge in [0.25, 0.3) is 5.91 Å². The van der Waals surface area contributed by atoms with E-state index in [9.17, 15) is 4.79 Å². The summed E-state index contributed by atoms with van der Waals surface area (Å²) in [6.45, 7) is 3.71. The highest BCUT2D eigenvalue weighted by molar-refractivity contribution is 6.34. The molecule has 0 unspecified atom stereocenters. The van der Waals surface area contributed by atoms with E-state index >= 15 is 0 Å². The van der Waals surface area contributed by atoms with Crippen LogP contribution in [0.4, 0.5) is 0 Å². The Balaban J connectivity index is 2.44. The Morgan fingerprint density at radius 3 is 2.94 bits per heavy atom. The van der Waals surface area contributed by atoms with E-state index in [1.807, 2.05) is 6.92 Å². The van der Waals surface area contributed by atoms with Gasteiger partial charge in [0.05, 0.1) is 5.56 Å². The number of rotatable bonds is 6. The van der Waals surface area contributed by atoms with E-state index in [-0.39, 0.29) is 21.8 Å². The number of hydrogen-bond donors (Lipinski definition) is 1. The fourth-order valence-corrected chi connectivity index (χ4v) is 1.45. The van der Waals surface area contributed by atoms with Gasteiger partial charge >= 0.3 is 0 Å². The molecular formula is C10H13Cl2N3O2. The molecule has 94 valence electrons. The molecule has 0 aliphatic carbocycles. The van der Waals surface area contributed by atoms with Crippen LogP contribution in [0.15, 0.2) is 6.07 Å². The number of carbonyl (C=O) groups excluding carboxylic acids is 1. The van der Waals surface area contributed by atoms with Crippen molar-refractivity contribution in [1.82, 2.24) is 15.5 Å². The lowest BCUT2D eigenvalue weighted by atomic mass is 10.3. The highest BCUT2D eigenvalue weighted by Gasteiger charge is 2.12. The molecule has 1 amide bonds. The van der Waals surface area contributed by atoms with Crippen molar-refractivity contribution in [2.45, 2.75) is 13.3 Å². The third-order valence-corrected chi connectivity index (χ3v) is 2.38. The first-order valence-electron chi connectivity index (χ1n) is 5.19. The Morgan fingerprint density at radius 2 is 2.24 bits per heavy atom. The van der Waals surface area contributed by atoms with Crippen molar-refractivity contribution in [1.29, 1.82) is 0 Å². The van der Waals surface area contributed by atoms with E-state index < -0.39 is 0 Å². The minimum Gasteiger partial charge on any atom is -0.382 e. The van der Waals surface area contributed by atoms with Crippen molar-refractivity contribution in [3.8, 4) is 0 Å². The van der Waals surface area contributed by atoms with Crippen molar-refractivity contribution < 1.29 is 9.53 Å². The third-order valence-electron chi connectivity index (χ3n) is 1.92. The average Bonchev–Trinajstić information content (AvgIpc) is 2.32. The van der Waals surface area contributed by atoms with Crippen molar-refractivity contribution >= 4 is 29.1 Å². The molecule has 0 aromatic carbocycles. The number of halogens is 2. The lowest BCUT2D eigenvalue weighted by Gasteiger charge is -2.06. The Hall–Kier alpha value is -0.910. The molecule has 1 rings (SSSR count). The van der Waals surface area contributed by atoms with E-state index in [1.54, 1.807) is 0 Å². The second kappa shape index (κ2) is 7.42. The van der Waals surface area contributed by atoms with Gasteiger partial charge in [0, 0.05) is 19.8 Å². The van der Waals surface area contributed by atoms with Crippen LogP contribution in [0, 0.1) is 0 Å². The van der Waals surface area contributed by atoms with E-state index in [4.69, 9.17) is 27.9 Å². The van der Waals surface area contributed by atoms with Gasteiger partial charge < -0.3 is 10.1 Å². The van der Waals surface area contributed by atoms with E-state index in [0.717, 1.165) is 6.42 Å². The average molecular weight is 278 g/mol. The van der Waals surface area contributed by atoms with Gasteiger partial charge in [0.2, 0.25) is 0 Å². The van der Waals surface area contributed by atoms with Gasteiger partial charge in [-0.2, -0.15) is 0 Å². The van der Waals surface area contributed by atoms with Crippen molar-refractivity contribution in [3.05, 3.63) is 21.9 Å². The minimum atomic E-state index is -0.316. The summed E-state index contributed by atoms with van der Waals surface area (Å²) in [5.74, 6) is -0.316. The maximum absolute atomic E-state index is 11.7. The molecule has 1 aromatic rings. The van der Waals surface area contributed by atoms with E-state index in [2.05, 4.69) is 15.5 Å². The number of nitrogens with zero attached hydrogens (tertiary/aromatic N) is 2. The molecule has 0 fully saturated rings. The molecule has 17 heavy (non-hydrogen) atoms. The molecule has 1 heterocycles. The number of hydrogen-bond acceptors (Lipinski definition) is 4. The summed E-state index contributed by atoms with van der Waals surface area (Å²) in [6.07, 6.45) is 0.740. The predicted molar refractivity (Wildman–Crippen MR) is 65.5 cm³/mol. The van der Waals surface area contributed by atoms with Crippen LogP contribution in [0.3, 0.4) is 0 Å². The molecule has 0 saturated carbocycles. The predicted octanol–water partition coefficient (Wildman–Crippen LogP) is 1.94. The van der Waals surface area contributed by atoms with Gasteiger partial charge in [-0.05, 0) is 19.4 Å². The van der Waals surface area contributed by atoms with Crippen LogP contribution in [-0.2, 0) is 4.74 Å². The lowest BCUT2D eigenvalue weighted by molar-refractivity contribution is 0.0944. The van der Waals surface area contributed by atoms with Gasteiger partial charge in [-0.15, -0.1) is 10.2 Å². The topological polar surface area (TPSA) is 64.1 Å². The quantitative estimate of drug-likeness (QED) is 0.808. The summed E-state index contributed by atoms with van der Waals surface area (Å²) >= 11 is 11.4. The molecule has 0 aliphatic rings. The molecule has 0 spiro atoms. The molecular weight excluding hydrogens is 265 g/mol. The van der Waals surface area contributed by atoms with Crippen LogP contribution in [0.1, 0.15) is 23.7 Å². The standard InChI is InChI=1S/C10H13Cl2N3O2/c1-2-17-5-3-4-13-10(16)7-6-8(11)14-15-9(7)12/h6H,2-5H2,1H3,(H,13,16). The zero-order valence-electron chi connectivity index (χ0n) is 9.37. The van der Waals surface area contributed by atoms with Gasteiger partial charge in [-0.1, -0.05) is 23.2 Å². The molecule has 0 atom stereocenters. The number of ether oxygens (including phenoxy) is 1. The summed E-state index contributed by atoms with van der Waals surface area (Å²) in [6, 6.07) is 1.38. The smallest absolute Gasteiger partial charge is 0.254 e. The second-order valence-corrected chi connectivity index (χ2v) is 3.92. The minimum absolute atomic E-state index is 0.0386. The van der Waals surface area contributed by atoms with Crippen LogP contribution in [-0.4, -0.2) is 35.9 Å². The highest BCUT2D eigenvalue weighted by Crippen LogP contribution is 2.14. The van der Waals surface area contributed by atoms with Crippen LogP contribution in [0.25, 0.3) is 0 Å². The molecule has 0 bridgehead atoms. The first kappa shape index (κ1) is 14.2. The number of nitrogens with one attached hydrogen (secondary N) is 1. The number of aromatic nitrogens is 2. The zero-order valence-corrected chi connectivity index (χ0v) is 10.9. The molecule has 0 aliphatic heterocycles. The van der Waals surface area contributed by atoms with Gasteiger partial charge in [0.15, 0.2) is 10.3 Å². The summed E-state index contributed by atoms with van der Waals surface area (Å²) in [5, 5.41) is 9.95. The van der Waals surface area contributed by atoms with Crippen LogP contribution in [0.5, 0.6) is 0 Å². The van der Waals surface area contributed by atoms with Crippen LogP contribution < -0.4 is 5.32 Å². The van der Waals surface area contributed by atoms with E-state index in [1.165, 1.54) is 6.07 Å². The highest BCUT2D eigenvalue weighted by atomic mass is 35.5. The molecule has 0 saturated heterocycles. The summed E-state index contributed by atoms with van der Waals surface area (Å²) in [4.78, 5) is 11.7. The summed E-state index contributed by atoms with van der Waals surface area (Å²) < 4.78 is 5.14. The molecule has 1 aromatic heterocycles. The second-order valence-electron chi connectivity index (χ2n) is 3.18. The molecule has 7 heteroatoms. The van der Waals surface area contributed by atoms with Gasteiger partial charge in [-0.3, -0.25) is 4.79 Å². The SMILES string of the molecule is CCOCCCNC(=O)c1cc(Cl)nnc1Cl. The van der Waals surface area contributed by atoms with Crippen LogP contribution >= 0.6 is 23.2 Å². The third kappa shape index (κ3) is 4.85. The Labute approximate surface area is 109 Å². The van der Waals surface area contributed by atoms with E-state index in [0.29, 0.717) is 19.8 Å². The largest absolute Gasteiger partial charge is 0.382 e. The van der Waals surface area contributed by atoms with Gasteiger partial charge in [-0.25, -0.2) is 0 Å². The molecule has 5 nitrogen and oxygen atoms in total. The summed E-state index contributed by atoms with van der Waals surface area (Å²) in [7, 11) is 0. The maximum atomic E-state index is 11.7. The van der Waals surface area contributed by atoms with Crippen LogP contribution in [0.2, 0.25) is 10.3 Å². The fourth-order valence-electron chi connectivity index (χ4n) is 1.13. The number of amides is 1. The fraction of sp³-hybridized carbons (Fsp3) is 0.500. The monoisotopic (exact) mass is 277 g/mol. The summed E-state index contributed by atoms with van der Waals surface area (Å²) in [5.41, 5.74) is 0.225. The first-order chi connectivity index (χ1) is 8.15. The zero-order chi connectivity index (χ0) is 12.7. The molecule has 0 radical (unpaired) electrons. The Kier molecular flexibility index (Phi) is 6.18. The van der Waals surface area contributed by atoms with Crippen molar-refractivity contribution in [2.24, 2.45) is 0 Å². The Morgan fingerprint density at radius 1 is 1.47 bits per heavy atom. The van der Waals surface area contributed by atoms with Gasteiger partial charge in [0.1, 0.15) is 0 Å². The maximum Gasteiger partial charge on any atom is 0.254 e. The normalized spacial score (nSPS) is 10.3. The van der Waals surface area contributed by atoms with Crippen molar-refractivity contribution in [2.75, 3.05) is 19.8 Å². The first-order valence-corrected chi connectivity index (χ1v) is 5.95. The lowest BCUT2D eigenvalue weighted by Crippen LogP contribution is -2.26.